The van der Waals surface area contributed by atoms with E-state index < -0.39 is 43.0 Å². The van der Waals surface area contributed by atoms with E-state index in [1.165, 1.54) is 0 Å². The Hall–Kier alpha value is -2.75. The van der Waals surface area contributed by atoms with Gasteiger partial charge in [-0.1, -0.05) is 71.9 Å². The predicted octanol–water partition coefficient (Wildman–Crippen LogP) is 3.65. The van der Waals surface area contributed by atoms with E-state index in [4.69, 9.17) is 23.7 Å². The van der Waals surface area contributed by atoms with E-state index in [9.17, 15) is 10.6 Å². The molecule has 0 radical (unpaired) electrons. The third-order valence-electron chi connectivity index (χ3n) is 5.75. The summed E-state index contributed by atoms with van der Waals surface area (Å²) in [4.78, 5) is 2.99. The minimum Gasteiger partial charge on any atom is -0.395 e. The van der Waals surface area contributed by atoms with Crippen molar-refractivity contribution in [1.82, 2.24) is 0 Å². The van der Waals surface area contributed by atoms with Gasteiger partial charge in [-0.15, -0.1) is 6.58 Å². The number of fused-ring (bicyclic) bond motifs is 1. The molecule has 6 atom stereocenters. The molecule has 0 amide bonds. The van der Waals surface area contributed by atoms with Gasteiger partial charge in [0.05, 0.1) is 26.4 Å². The average molecular weight is 453 g/mol. The van der Waals surface area contributed by atoms with E-state index >= 15 is 0 Å². The second-order valence-corrected chi connectivity index (χ2v) is 7.86. The molecule has 0 unspecified atom stereocenters. The van der Waals surface area contributed by atoms with Gasteiger partial charge in [-0.2, -0.15) is 0 Å². The second-order valence-electron chi connectivity index (χ2n) is 7.86. The zero-order valence-electron chi connectivity index (χ0n) is 18.1. The van der Waals surface area contributed by atoms with Gasteiger partial charge in [-0.05, 0) is 11.1 Å². The molecule has 1 N–H and O–H groups in total. The van der Waals surface area contributed by atoms with Crippen LogP contribution in [0, 0.1) is 0 Å². The molecular formula is C24H27N3O6. The predicted molar refractivity (Wildman–Crippen MR) is 119 cm³/mol. The minimum atomic E-state index is -1.58. The van der Waals surface area contributed by atoms with E-state index in [0.29, 0.717) is 0 Å². The summed E-state index contributed by atoms with van der Waals surface area (Å²) < 4.78 is 30.4. The molecular weight excluding hydrogens is 426 g/mol. The van der Waals surface area contributed by atoms with Gasteiger partial charge in [0.25, 0.3) is 0 Å². The highest BCUT2D eigenvalue weighted by Gasteiger charge is 2.60. The molecule has 9 heteroatoms. The Morgan fingerprint density at radius 3 is 2.52 bits per heavy atom. The summed E-state index contributed by atoms with van der Waals surface area (Å²) in [6, 6.07) is 19.1. The molecule has 174 valence electrons. The van der Waals surface area contributed by atoms with Gasteiger partial charge in [0.15, 0.2) is 18.1 Å². The molecule has 2 heterocycles. The summed E-state index contributed by atoms with van der Waals surface area (Å²) in [6.45, 7) is 3.64. The number of azide groups is 1. The van der Waals surface area contributed by atoms with Crippen molar-refractivity contribution in [2.24, 2.45) is 5.11 Å². The largest absolute Gasteiger partial charge is 0.395 e. The highest BCUT2D eigenvalue weighted by atomic mass is 16.8. The Bertz CT molecular complexity index is 955. The molecule has 0 spiro atoms. The molecule has 0 aromatic heterocycles. The van der Waals surface area contributed by atoms with Crippen LogP contribution in [0.25, 0.3) is 10.4 Å². The Morgan fingerprint density at radius 1 is 1.12 bits per heavy atom. The Balaban J connectivity index is 1.68. The van der Waals surface area contributed by atoms with Crippen LogP contribution in [0.15, 0.2) is 78.4 Å². The van der Waals surface area contributed by atoms with Crippen LogP contribution in [-0.4, -0.2) is 55.1 Å². The first kappa shape index (κ1) is 23.4. The lowest BCUT2D eigenvalue weighted by molar-refractivity contribution is -0.364. The molecule has 2 aromatic carbocycles. The summed E-state index contributed by atoms with van der Waals surface area (Å²) in [5.41, 5.74) is 9.56. The maximum absolute atomic E-state index is 10.5. The molecule has 33 heavy (non-hydrogen) atoms. The molecule has 2 aromatic rings. The van der Waals surface area contributed by atoms with Gasteiger partial charge in [-0.3, -0.25) is 0 Å². The fourth-order valence-corrected chi connectivity index (χ4v) is 4.13. The van der Waals surface area contributed by atoms with Crippen LogP contribution in [0.1, 0.15) is 17.4 Å². The van der Waals surface area contributed by atoms with Crippen molar-refractivity contribution in [2.75, 3.05) is 19.8 Å². The van der Waals surface area contributed by atoms with Crippen LogP contribution in [0.5, 0.6) is 0 Å². The van der Waals surface area contributed by atoms with Gasteiger partial charge in [0.2, 0.25) is 0 Å². The number of aliphatic hydroxyl groups excluding tert-OH is 1. The minimum absolute atomic E-state index is 0.129. The van der Waals surface area contributed by atoms with Gasteiger partial charge in [-0.25, -0.2) is 0 Å². The summed E-state index contributed by atoms with van der Waals surface area (Å²) in [7, 11) is 0. The van der Waals surface area contributed by atoms with E-state index in [2.05, 4.69) is 16.6 Å². The number of aliphatic hydroxyl groups is 1. The highest BCUT2D eigenvalue weighted by molar-refractivity contribution is 5.18. The molecule has 2 aliphatic rings. The zero-order chi connectivity index (χ0) is 23.1. The lowest BCUT2D eigenvalue weighted by Crippen LogP contribution is -2.70. The van der Waals surface area contributed by atoms with Crippen molar-refractivity contribution in [3.8, 4) is 0 Å². The quantitative estimate of drug-likeness (QED) is 0.268. The first-order chi connectivity index (χ1) is 16.2. The van der Waals surface area contributed by atoms with Gasteiger partial charge in [0.1, 0.15) is 18.3 Å². The Morgan fingerprint density at radius 2 is 1.85 bits per heavy atom. The fraction of sp³-hybridized carbons (Fsp3) is 0.417. The number of hydrogen-bond acceptors (Lipinski definition) is 7. The normalized spacial score (nSPS) is 31.2. The van der Waals surface area contributed by atoms with Crippen molar-refractivity contribution < 1.29 is 28.8 Å². The van der Waals surface area contributed by atoms with Crippen LogP contribution in [0.3, 0.4) is 0 Å². The first-order valence-corrected chi connectivity index (χ1v) is 10.7. The first-order valence-electron chi connectivity index (χ1n) is 10.7. The summed E-state index contributed by atoms with van der Waals surface area (Å²) in [5, 5.41) is 14.4. The third-order valence-corrected chi connectivity index (χ3v) is 5.75. The van der Waals surface area contributed by atoms with E-state index in [1.54, 1.807) is 6.08 Å². The molecule has 4 rings (SSSR count). The number of hydrogen-bond donors (Lipinski definition) is 1. The standard InChI is InChI=1S/C24H27N3O6/c1-2-13-29-23-24(16-28,26-27-25)21(30-14-17-9-5-3-6-10-17)20-19(32-23)15-31-22(33-20)18-11-7-4-8-12-18/h2-12,19-23,28H,1,13-16H2/t19-,20-,21+,22-,23+,24+/m1/s1. The molecule has 2 aliphatic heterocycles. The lowest BCUT2D eigenvalue weighted by atomic mass is 9.83. The van der Waals surface area contributed by atoms with Gasteiger partial charge in [0, 0.05) is 10.5 Å². The summed E-state index contributed by atoms with van der Waals surface area (Å²) in [6.07, 6.45) is -2.32. The second kappa shape index (κ2) is 10.9. The SMILES string of the molecule is C=CCO[C@H]1O[C@@H]2CO[C@@H](c3ccccc3)O[C@H]2[C@H](OCc2ccccc2)[C@]1(CO)N=[N+]=[N-]. The van der Waals surface area contributed by atoms with Crippen LogP contribution < -0.4 is 0 Å². The van der Waals surface area contributed by atoms with Crippen LogP contribution in [-0.2, 0) is 30.3 Å². The van der Waals surface area contributed by atoms with Gasteiger partial charge >= 0.3 is 0 Å². The van der Waals surface area contributed by atoms with Crippen molar-refractivity contribution in [3.05, 3.63) is 94.9 Å². The number of benzene rings is 2. The summed E-state index contributed by atoms with van der Waals surface area (Å²) >= 11 is 0. The highest BCUT2D eigenvalue weighted by Crippen LogP contribution is 2.42. The molecule has 9 nitrogen and oxygen atoms in total. The van der Waals surface area contributed by atoms with Gasteiger partial charge < -0.3 is 28.8 Å². The van der Waals surface area contributed by atoms with Crippen molar-refractivity contribution >= 4 is 0 Å². The van der Waals surface area contributed by atoms with Crippen LogP contribution >= 0.6 is 0 Å². The van der Waals surface area contributed by atoms with Crippen LogP contribution in [0.2, 0.25) is 0 Å². The molecule has 0 bridgehead atoms. The van der Waals surface area contributed by atoms with Crippen molar-refractivity contribution in [2.45, 2.75) is 43.0 Å². The number of nitrogens with zero attached hydrogens (tertiary/aromatic N) is 3. The maximum atomic E-state index is 10.5. The van der Waals surface area contributed by atoms with E-state index in [1.807, 2.05) is 60.7 Å². The van der Waals surface area contributed by atoms with E-state index in [0.717, 1.165) is 11.1 Å². The zero-order valence-corrected chi connectivity index (χ0v) is 18.1. The molecule has 0 saturated carbocycles. The van der Waals surface area contributed by atoms with Crippen molar-refractivity contribution in [1.29, 1.82) is 0 Å². The molecule has 2 fully saturated rings. The monoisotopic (exact) mass is 453 g/mol. The Kier molecular flexibility index (Phi) is 7.74. The third kappa shape index (κ3) is 4.95. The lowest BCUT2D eigenvalue weighted by Gasteiger charge is -2.53. The van der Waals surface area contributed by atoms with E-state index in [-0.39, 0.29) is 19.8 Å². The van der Waals surface area contributed by atoms with Crippen LogP contribution in [0.4, 0.5) is 0 Å². The number of rotatable bonds is 9. The van der Waals surface area contributed by atoms with Crippen molar-refractivity contribution in [3.63, 3.8) is 0 Å². The Labute approximate surface area is 192 Å². The fourth-order valence-electron chi connectivity index (χ4n) is 4.13. The average Bonchev–Trinajstić information content (AvgIpc) is 2.87. The smallest absolute Gasteiger partial charge is 0.184 e. The number of ether oxygens (including phenoxy) is 5. The molecule has 2 saturated heterocycles. The summed E-state index contributed by atoms with van der Waals surface area (Å²) in [5.74, 6) is 0. The topological polar surface area (TPSA) is 115 Å². The molecule has 0 aliphatic carbocycles. The maximum Gasteiger partial charge on any atom is 0.184 e.